The number of ether oxygens (including phenoxy) is 1. The zero-order valence-electron chi connectivity index (χ0n) is 19.8. The predicted molar refractivity (Wildman–Crippen MR) is 135 cm³/mol. The second kappa shape index (κ2) is 11.5. The number of carbonyl (C=O) groups is 2. The second-order valence-electron chi connectivity index (χ2n) is 8.80. The third-order valence-electron chi connectivity index (χ3n) is 6.13. The van der Waals surface area contributed by atoms with E-state index in [1.165, 1.54) is 4.90 Å². The van der Waals surface area contributed by atoms with Crippen LogP contribution < -0.4 is 0 Å². The summed E-state index contributed by atoms with van der Waals surface area (Å²) in [4.78, 5) is 48.8. The minimum absolute atomic E-state index is 0.0695. The number of urea groups is 1. The first-order valence-corrected chi connectivity index (χ1v) is 13.5. The largest absolute Gasteiger partial charge is 0.459 e. The Kier molecular flexibility index (Phi) is 8.21. The van der Waals surface area contributed by atoms with Gasteiger partial charge in [0.2, 0.25) is 0 Å². The van der Waals surface area contributed by atoms with E-state index in [2.05, 4.69) is 0 Å². The molecular weight excluding hydrogens is 479 g/mol. The standard InChI is InChI=1S/C27H29N2O6P/c30-26(35-19-22-11-5-2-6-12-22)25-17-23-13-7-8-14-24(23)18-29(25)27(31)28(20-36(32,33)34)16-15-21-9-3-1-4-10-21/h1-14,25H,15-20H2,(H2,32,33,34)/t25-/m1/s1. The van der Waals surface area contributed by atoms with Gasteiger partial charge >= 0.3 is 19.6 Å². The summed E-state index contributed by atoms with van der Waals surface area (Å²) in [5, 5.41) is 0. The lowest BCUT2D eigenvalue weighted by Gasteiger charge is -2.38. The fraction of sp³-hybridized carbons (Fsp3) is 0.259. The molecule has 1 aliphatic heterocycles. The molecule has 0 spiro atoms. The van der Waals surface area contributed by atoms with Crippen LogP contribution in [0.1, 0.15) is 22.3 Å². The van der Waals surface area contributed by atoms with E-state index < -0.39 is 31.9 Å². The molecule has 0 bridgehead atoms. The number of hydrogen-bond acceptors (Lipinski definition) is 4. The van der Waals surface area contributed by atoms with Gasteiger partial charge in [-0.15, -0.1) is 0 Å². The summed E-state index contributed by atoms with van der Waals surface area (Å²) in [6, 6.07) is 24.7. The van der Waals surface area contributed by atoms with Crippen molar-refractivity contribution in [3.05, 3.63) is 107 Å². The lowest BCUT2D eigenvalue weighted by molar-refractivity contribution is -0.151. The van der Waals surface area contributed by atoms with Crippen molar-refractivity contribution in [2.75, 3.05) is 12.8 Å². The van der Waals surface area contributed by atoms with Gasteiger partial charge in [-0.3, -0.25) is 4.57 Å². The molecule has 0 saturated carbocycles. The third-order valence-corrected chi connectivity index (χ3v) is 6.84. The summed E-state index contributed by atoms with van der Waals surface area (Å²) in [6.07, 6.45) is -0.0549. The Labute approximate surface area is 210 Å². The van der Waals surface area contributed by atoms with Crippen molar-refractivity contribution in [1.82, 2.24) is 9.80 Å². The Morgan fingerprint density at radius 2 is 1.47 bits per heavy atom. The number of benzene rings is 3. The lowest BCUT2D eigenvalue weighted by atomic mass is 9.94. The number of nitrogens with zero attached hydrogens (tertiary/aromatic N) is 2. The number of hydrogen-bond donors (Lipinski definition) is 2. The molecule has 188 valence electrons. The van der Waals surface area contributed by atoms with Gasteiger partial charge in [0.25, 0.3) is 0 Å². The van der Waals surface area contributed by atoms with Crippen LogP contribution in [0.5, 0.6) is 0 Å². The van der Waals surface area contributed by atoms with E-state index in [0.717, 1.165) is 27.2 Å². The van der Waals surface area contributed by atoms with Crippen LogP contribution in [0.15, 0.2) is 84.9 Å². The van der Waals surface area contributed by atoms with Gasteiger partial charge in [-0.25, -0.2) is 9.59 Å². The Hall–Kier alpha value is -3.45. The van der Waals surface area contributed by atoms with Crippen molar-refractivity contribution in [3.8, 4) is 0 Å². The lowest BCUT2D eigenvalue weighted by Crippen LogP contribution is -2.54. The quantitative estimate of drug-likeness (QED) is 0.352. The molecule has 36 heavy (non-hydrogen) atoms. The molecule has 0 saturated heterocycles. The van der Waals surface area contributed by atoms with Crippen LogP contribution >= 0.6 is 7.60 Å². The molecule has 2 amide bonds. The highest BCUT2D eigenvalue weighted by Gasteiger charge is 2.38. The van der Waals surface area contributed by atoms with E-state index in [9.17, 15) is 23.9 Å². The molecule has 2 N–H and O–H groups in total. The number of esters is 1. The van der Waals surface area contributed by atoms with Crippen molar-refractivity contribution in [2.24, 2.45) is 0 Å². The molecule has 9 heteroatoms. The average molecular weight is 509 g/mol. The summed E-state index contributed by atoms with van der Waals surface area (Å²) < 4.78 is 17.5. The molecule has 0 aliphatic carbocycles. The molecule has 4 rings (SSSR count). The number of rotatable bonds is 8. The van der Waals surface area contributed by atoms with Crippen LogP contribution in [-0.2, 0) is 40.1 Å². The van der Waals surface area contributed by atoms with Crippen LogP contribution in [0.4, 0.5) is 4.79 Å². The predicted octanol–water partition coefficient (Wildman–Crippen LogP) is 3.96. The topological polar surface area (TPSA) is 107 Å². The Morgan fingerprint density at radius 1 is 0.889 bits per heavy atom. The van der Waals surface area contributed by atoms with Crippen LogP contribution in [0.2, 0.25) is 0 Å². The van der Waals surface area contributed by atoms with E-state index >= 15 is 0 Å². The maximum atomic E-state index is 13.7. The summed E-state index contributed by atoms with van der Waals surface area (Å²) in [6.45, 7) is 0.307. The molecule has 1 atom stereocenters. The SMILES string of the molecule is O=C(OCc1ccccc1)[C@H]1Cc2ccccc2CN1C(=O)N(CCc1ccccc1)CP(=O)(O)O. The maximum Gasteiger partial charge on any atom is 0.344 e. The summed E-state index contributed by atoms with van der Waals surface area (Å²) in [5.74, 6) is -0.555. The van der Waals surface area contributed by atoms with Gasteiger partial charge in [-0.1, -0.05) is 84.9 Å². The Balaban J connectivity index is 1.56. The van der Waals surface area contributed by atoms with Gasteiger partial charge in [0.05, 0.1) is 0 Å². The first-order valence-electron chi connectivity index (χ1n) is 11.7. The van der Waals surface area contributed by atoms with Gasteiger partial charge in [0.15, 0.2) is 0 Å². The van der Waals surface area contributed by atoms with Crippen LogP contribution in [0, 0.1) is 0 Å². The van der Waals surface area contributed by atoms with E-state index in [0.29, 0.717) is 6.42 Å². The summed E-state index contributed by atoms with van der Waals surface area (Å²) in [7, 11) is -4.55. The molecule has 3 aromatic carbocycles. The first-order chi connectivity index (χ1) is 17.3. The van der Waals surface area contributed by atoms with Gasteiger partial charge in [0, 0.05) is 19.5 Å². The Morgan fingerprint density at radius 3 is 2.11 bits per heavy atom. The fourth-order valence-electron chi connectivity index (χ4n) is 4.30. The number of fused-ring (bicyclic) bond motifs is 1. The minimum Gasteiger partial charge on any atom is -0.459 e. The normalized spacial score (nSPS) is 15.2. The highest BCUT2D eigenvalue weighted by atomic mass is 31.2. The molecular formula is C27H29N2O6P. The van der Waals surface area contributed by atoms with Crippen LogP contribution in [-0.4, -0.2) is 50.5 Å². The van der Waals surface area contributed by atoms with E-state index in [-0.39, 0.29) is 26.1 Å². The van der Waals surface area contributed by atoms with Crippen LogP contribution in [0.25, 0.3) is 0 Å². The molecule has 0 radical (unpaired) electrons. The Bertz CT molecular complexity index is 1230. The first kappa shape index (κ1) is 25.6. The third kappa shape index (κ3) is 6.82. The fourth-order valence-corrected chi connectivity index (χ4v) is 5.01. The summed E-state index contributed by atoms with van der Waals surface area (Å²) >= 11 is 0. The average Bonchev–Trinajstić information content (AvgIpc) is 2.89. The van der Waals surface area contributed by atoms with Gasteiger partial charge in [0.1, 0.15) is 18.9 Å². The van der Waals surface area contributed by atoms with Crippen molar-refractivity contribution < 1.29 is 28.7 Å². The monoisotopic (exact) mass is 508 g/mol. The molecule has 1 aliphatic rings. The maximum absolute atomic E-state index is 13.7. The number of amides is 2. The van der Waals surface area contributed by atoms with Crippen LogP contribution in [0.3, 0.4) is 0 Å². The van der Waals surface area contributed by atoms with Crippen molar-refractivity contribution in [2.45, 2.75) is 32.0 Å². The molecule has 0 unspecified atom stereocenters. The smallest absolute Gasteiger partial charge is 0.344 e. The van der Waals surface area contributed by atoms with Crippen molar-refractivity contribution in [3.63, 3.8) is 0 Å². The molecule has 8 nitrogen and oxygen atoms in total. The van der Waals surface area contributed by atoms with Gasteiger partial charge in [-0.05, 0) is 28.7 Å². The zero-order chi connectivity index (χ0) is 25.5. The van der Waals surface area contributed by atoms with Crippen molar-refractivity contribution in [1.29, 1.82) is 0 Å². The second-order valence-corrected chi connectivity index (χ2v) is 10.4. The van der Waals surface area contributed by atoms with Gasteiger partial charge in [-0.2, -0.15) is 0 Å². The molecule has 0 fully saturated rings. The highest BCUT2D eigenvalue weighted by molar-refractivity contribution is 7.51. The summed E-state index contributed by atoms with van der Waals surface area (Å²) in [5.41, 5.74) is 3.58. The minimum atomic E-state index is -4.55. The molecule has 0 aromatic heterocycles. The number of carbonyl (C=O) groups excluding carboxylic acids is 2. The highest BCUT2D eigenvalue weighted by Crippen LogP contribution is 2.36. The zero-order valence-corrected chi connectivity index (χ0v) is 20.7. The molecule has 1 heterocycles. The van der Waals surface area contributed by atoms with Crippen molar-refractivity contribution >= 4 is 19.6 Å². The molecule has 3 aromatic rings. The van der Waals surface area contributed by atoms with E-state index in [4.69, 9.17) is 4.74 Å². The van der Waals surface area contributed by atoms with E-state index in [1.807, 2.05) is 84.9 Å². The van der Waals surface area contributed by atoms with E-state index in [1.54, 1.807) is 0 Å². The van der Waals surface area contributed by atoms with Gasteiger partial charge < -0.3 is 24.3 Å².